The Hall–Kier alpha value is -0.790. The molecule has 0 aliphatic heterocycles. The fraction of sp³-hybridized carbons (Fsp3) is 0.667. The molecule has 1 aromatic heterocycles. The van der Waals surface area contributed by atoms with Gasteiger partial charge in [0.05, 0.1) is 0 Å². The monoisotopic (exact) mass is 154 g/mol. The number of aromatic nitrogens is 2. The van der Waals surface area contributed by atoms with Crippen LogP contribution in [0.5, 0.6) is 0 Å². The van der Waals surface area contributed by atoms with Crippen molar-refractivity contribution < 1.29 is 0 Å². The van der Waals surface area contributed by atoms with E-state index in [1.807, 2.05) is 19.3 Å². The van der Waals surface area contributed by atoms with Gasteiger partial charge in [0.15, 0.2) is 0 Å². The average molecular weight is 154 g/mol. The maximum absolute atomic E-state index is 3.83. The second-order valence-corrected chi connectivity index (χ2v) is 2.98. The zero-order valence-electron chi connectivity index (χ0n) is 7.91. The van der Waals surface area contributed by atoms with Crippen LogP contribution in [0.2, 0.25) is 0 Å². The number of hydrogen-bond acceptors (Lipinski definition) is 1. The van der Waals surface area contributed by atoms with Crippen molar-refractivity contribution >= 4 is 0 Å². The minimum atomic E-state index is 0.884. The highest BCUT2D eigenvalue weighted by atomic mass is 15.2. The highest BCUT2D eigenvalue weighted by Gasteiger charge is 1.80. The molecule has 11 heavy (non-hydrogen) atoms. The van der Waals surface area contributed by atoms with Crippen molar-refractivity contribution in [2.24, 2.45) is 13.0 Å². The predicted octanol–water partition coefficient (Wildman–Crippen LogP) is 2.47. The Labute approximate surface area is 69.2 Å². The first-order chi connectivity index (χ1) is 5.16. The molecule has 0 amide bonds. The maximum atomic E-state index is 3.83. The molecule has 0 fully saturated rings. The average Bonchev–Trinajstić information content (AvgIpc) is 2.41. The fourth-order valence-corrected chi connectivity index (χ4v) is 0.345. The van der Waals surface area contributed by atoms with Crippen molar-refractivity contribution in [1.29, 1.82) is 0 Å². The molecule has 64 valence electrons. The van der Waals surface area contributed by atoms with Gasteiger partial charge in [0.25, 0.3) is 0 Å². The molecule has 0 saturated heterocycles. The highest BCUT2D eigenvalue weighted by Crippen LogP contribution is 1.93. The topological polar surface area (TPSA) is 17.8 Å². The molecule has 1 heterocycles. The van der Waals surface area contributed by atoms with E-state index < -0.39 is 0 Å². The molecule has 2 heteroatoms. The summed E-state index contributed by atoms with van der Waals surface area (Å²) in [5.41, 5.74) is 0. The minimum absolute atomic E-state index is 0.884. The molecule has 0 N–H and O–H groups in total. The number of nitrogens with zero attached hydrogens (tertiary/aromatic N) is 2. The van der Waals surface area contributed by atoms with Gasteiger partial charge in [-0.25, -0.2) is 0 Å². The van der Waals surface area contributed by atoms with Crippen LogP contribution in [0.1, 0.15) is 27.2 Å². The van der Waals surface area contributed by atoms with Gasteiger partial charge >= 0.3 is 0 Å². The third-order valence-corrected chi connectivity index (χ3v) is 1.45. The standard InChI is InChI=1S/C5H12.C4H6N2/c1-4-5(2)3;1-6-4-2-3-5-6/h5H,4H2,1-3H3;2-4H,1H3. The van der Waals surface area contributed by atoms with E-state index >= 15 is 0 Å². The van der Waals surface area contributed by atoms with Crippen molar-refractivity contribution in [2.75, 3.05) is 0 Å². The Morgan fingerprint density at radius 2 is 2.00 bits per heavy atom. The summed E-state index contributed by atoms with van der Waals surface area (Å²) in [7, 11) is 1.89. The van der Waals surface area contributed by atoms with E-state index in [9.17, 15) is 0 Å². The van der Waals surface area contributed by atoms with Gasteiger partial charge in [0.2, 0.25) is 0 Å². The van der Waals surface area contributed by atoms with Crippen LogP contribution in [0.25, 0.3) is 0 Å². The van der Waals surface area contributed by atoms with Crippen LogP contribution < -0.4 is 0 Å². The van der Waals surface area contributed by atoms with Crippen LogP contribution in [-0.4, -0.2) is 9.78 Å². The van der Waals surface area contributed by atoms with Crippen molar-refractivity contribution in [3.63, 3.8) is 0 Å². The summed E-state index contributed by atoms with van der Waals surface area (Å²) < 4.78 is 1.75. The van der Waals surface area contributed by atoms with E-state index in [0.29, 0.717) is 0 Å². The number of aryl methyl sites for hydroxylation is 1. The highest BCUT2D eigenvalue weighted by molar-refractivity contribution is 4.75. The molecule has 0 aliphatic rings. The molecule has 0 bridgehead atoms. The Bertz CT molecular complexity index is 154. The van der Waals surface area contributed by atoms with Gasteiger partial charge in [0.1, 0.15) is 0 Å². The predicted molar refractivity (Wildman–Crippen MR) is 48.3 cm³/mol. The maximum Gasteiger partial charge on any atom is 0.0489 e. The summed E-state index contributed by atoms with van der Waals surface area (Å²) in [5, 5.41) is 3.83. The normalized spacial score (nSPS) is 9.18. The summed E-state index contributed by atoms with van der Waals surface area (Å²) in [4.78, 5) is 0. The first-order valence-corrected chi connectivity index (χ1v) is 4.10. The first-order valence-electron chi connectivity index (χ1n) is 4.10. The van der Waals surface area contributed by atoms with Gasteiger partial charge in [-0.2, -0.15) is 5.10 Å². The minimum Gasteiger partial charge on any atom is -0.276 e. The van der Waals surface area contributed by atoms with Gasteiger partial charge in [-0.05, 0) is 12.0 Å². The summed E-state index contributed by atoms with van der Waals surface area (Å²) in [6.07, 6.45) is 4.94. The van der Waals surface area contributed by atoms with Crippen molar-refractivity contribution in [2.45, 2.75) is 27.2 Å². The lowest BCUT2D eigenvalue weighted by molar-refractivity contribution is 0.626. The van der Waals surface area contributed by atoms with Crippen molar-refractivity contribution in [3.05, 3.63) is 18.5 Å². The van der Waals surface area contributed by atoms with Gasteiger partial charge in [-0.3, -0.25) is 4.68 Å². The van der Waals surface area contributed by atoms with Crippen LogP contribution in [0.15, 0.2) is 18.5 Å². The molecule has 2 nitrogen and oxygen atoms in total. The zero-order valence-corrected chi connectivity index (χ0v) is 7.91. The smallest absolute Gasteiger partial charge is 0.0489 e. The van der Waals surface area contributed by atoms with Crippen LogP contribution in [0.4, 0.5) is 0 Å². The van der Waals surface area contributed by atoms with Crippen molar-refractivity contribution in [3.8, 4) is 0 Å². The van der Waals surface area contributed by atoms with Crippen LogP contribution in [0, 0.1) is 5.92 Å². The number of rotatable bonds is 1. The van der Waals surface area contributed by atoms with Crippen LogP contribution in [0.3, 0.4) is 0 Å². The van der Waals surface area contributed by atoms with E-state index in [4.69, 9.17) is 0 Å². The second-order valence-electron chi connectivity index (χ2n) is 2.98. The third-order valence-electron chi connectivity index (χ3n) is 1.45. The molecule has 0 atom stereocenters. The Balaban J connectivity index is 0.000000187. The summed E-state index contributed by atoms with van der Waals surface area (Å²) >= 11 is 0. The molecular formula is C9H18N2. The molecular weight excluding hydrogens is 136 g/mol. The van der Waals surface area contributed by atoms with E-state index in [0.717, 1.165) is 5.92 Å². The molecule has 1 aromatic rings. The molecule has 0 spiro atoms. The van der Waals surface area contributed by atoms with Gasteiger partial charge in [-0.1, -0.05) is 27.2 Å². The van der Waals surface area contributed by atoms with Gasteiger partial charge in [0, 0.05) is 19.4 Å². The van der Waals surface area contributed by atoms with Crippen molar-refractivity contribution in [1.82, 2.24) is 9.78 Å². The zero-order chi connectivity index (χ0) is 8.69. The Kier molecular flexibility index (Phi) is 5.53. The molecule has 0 aromatic carbocycles. The largest absolute Gasteiger partial charge is 0.276 e. The second kappa shape index (κ2) is 5.96. The first kappa shape index (κ1) is 10.2. The lowest BCUT2D eigenvalue weighted by Crippen LogP contribution is -1.83. The molecule has 1 rings (SSSR count). The SMILES string of the molecule is CCC(C)C.Cn1cccn1. The molecule has 0 unspecified atom stereocenters. The molecule has 0 radical (unpaired) electrons. The quantitative estimate of drug-likeness (QED) is 0.607. The third kappa shape index (κ3) is 7.10. The van der Waals surface area contributed by atoms with Gasteiger partial charge < -0.3 is 0 Å². The fourth-order valence-electron chi connectivity index (χ4n) is 0.345. The van der Waals surface area contributed by atoms with E-state index in [1.54, 1.807) is 10.9 Å². The summed E-state index contributed by atoms with van der Waals surface area (Å²) in [6.45, 7) is 6.64. The lowest BCUT2D eigenvalue weighted by Gasteiger charge is -1.90. The summed E-state index contributed by atoms with van der Waals surface area (Å²) in [6, 6.07) is 1.89. The van der Waals surface area contributed by atoms with E-state index in [1.165, 1.54) is 6.42 Å². The van der Waals surface area contributed by atoms with E-state index in [-0.39, 0.29) is 0 Å². The van der Waals surface area contributed by atoms with Crippen LogP contribution in [-0.2, 0) is 7.05 Å². The number of hydrogen-bond donors (Lipinski definition) is 0. The lowest BCUT2D eigenvalue weighted by atomic mass is 10.2. The van der Waals surface area contributed by atoms with E-state index in [2.05, 4.69) is 25.9 Å². The summed E-state index contributed by atoms with van der Waals surface area (Å²) in [5.74, 6) is 0.884. The Morgan fingerprint density at radius 1 is 1.45 bits per heavy atom. The molecule has 0 saturated carbocycles. The Morgan fingerprint density at radius 3 is 2.09 bits per heavy atom. The molecule has 0 aliphatic carbocycles. The van der Waals surface area contributed by atoms with Gasteiger partial charge in [-0.15, -0.1) is 0 Å². The van der Waals surface area contributed by atoms with Crippen LogP contribution >= 0.6 is 0 Å².